The number of H-pyrrole nitrogens is 1. The second-order valence-electron chi connectivity index (χ2n) is 12.4. The lowest BCUT2D eigenvalue weighted by Crippen LogP contribution is -2.49. The van der Waals surface area contributed by atoms with E-state index in [9.17, 15) is 18.8 Å². The van der Waals surface area contributed by atoms with Crippen LogP contribution >= 0.6 is 0 Å². The van der Waals surface area contributed by atoms with E-state index in [0.717, 1.165) is 22.4 Å². The number of halogens is 1. The molecule has 2 aromatic heterocycles. The third-order valence-corrected chi connectivity index (χ3v) is 8.81. The van der Waals surface area contributed by atoms with Gasteiger partial charge in [0.15, 0.2) is 0 Å². The molecule has 1 saturated heterocycles. The van der Waals surface area contributed by atoms with Gasteiger partial charge in [-0.1, -0.05) is 30.4 Å². The molecule has 3 atom stereocenters. The molecule has 11 heteroatoms. The number of nitrogens with zero attached hydrogens (tertiary/aromatic N) is 4. The summed E-state index contributed by atoms with van der Waals surface area (Å²) in [5.41, 5.74) is 4.44. The lowest BCUT2D eigenvalue weighted by molar-refractivity contribution is -0.138. The quantitative estimate of drug-likeness (QED) is 0.242. The van der Waals surface area contributed by atoms with Gasteiger partial charge >= 0.3 is 0 Å². The maximum atomic E-state index is 13.8. The van der Waals surface area contributed by atoms with Crippen molar-refractivity contribution in [2.45, 2.75) is 44.3 Å². The lowest BCUT2D eigenvalue weighted by atomic mass is 9.96. The van der Waals surface area contributed by atoms with Crippen LogP contribution in [-0.4, -0.2) is 81.7 Å². The highest BCUT2D eigenvalue weighted by molar-refractivity contribution is 5.97. The van der Waals surface area contributed by atoms with E-state index in [1.165, 1.54) is 37.1 Å². The number of hydrogen-bond donors (Lipinski definition) is 3. The zero-order valence-electron chi connectivity index (χ0n) is 26.2. The molecule has 2 aromatic carbocycles. The van der Waals surface area contributed by atoms with Gasteiger partial charge in [0, 0.05) is 18.0 Å². The van der Waals surface area contributed by atoms with Crippen molar-refractivity contribution in [3.63, 3.8) is 0 Å². The van der Waals surface area contributed by atoms with Gasteiger partial charge in [-0.15, -0.1) is 0 Å². The molecular formula is C35H38FN7O3. The van der Waals surface area contributed by atoms with Crippen LogP contribution in [0.15, 0.2) is 67.1 Å². The largest absolute Gasteiger partial charge is 0.348 e. The van der Waals surface area contributed by atoms with E-state index in [1.807, 2.05) is 32.0 Å². The predicted molar refractivity (Wildman–Crippen MR) is 174 cm³/mol. The van der Waals surface area contributed by atoms with Crippen LogP contribution in [0, 0.1) is 11.7 Å². The maximum Gasteiger partial charge on any atom is 0.270 e. The summed E-state index contributed by atoms with van der Waals surface area (Å²) in [6.07, 6.45) is 10.6. The number of likely N-dealkylation sites (N-methyl/N-ethyl adjacent to an activating group) is 1. The zero-order valence-corrected chi connectivity index (χ0v) is 26.2. The molecule has 6 rings (SSSR count). The number of hydrogen-bond acceptors (Lipinski definition) is 6. The van der Waals surface area contributed by atoms with Crippen molar-refractivity contribution in [3.05, 3.63) is 89.8 Å². The summed E-state index contributed by atoms with van der Waals surface area (Å²) in [5, 5.41) is 6.40. The molecule has 238 valence electrons. The number of aromatic nitrogens is 3. The first-order valence-electron chi connectivity index (χ1n) is 15.6. The molecule has 3 N–H and O–H groups in total. The highest BCUT2D eigenvalue weighted by atomic mass is 19.1. The van der Waals surface area contributed by atoms with E-state index >= 15 is 0 Å². The maximum absolute atomic E-state index is 13.8. The van der Waals surface area contributed by atoms with Gasteiger partial charge in [0.05, 0.1) is 36.3 Å². The Morgan fingerprint density at radius 1 is 1.13 bits per heavy atom. The molecule has 1 aliphatic heterocycles. The molecule has 2 fully saturated rings. The first-order valence-corrected chi connectivity index (χ1v) is 15.6. The lowest BCUT2D eigenvalue weighted by Gasteiger charge is -2.26. The van der Waals surface area contributed by atoms with Crippen molar-refractivity contribution >= 4 is 34.7 Å². The van der Waals surface area contributed by atoms with E-state index in [1.54, 1.807) is 23.5 Å². The molecule has 0 bridgehead atoms. The molecule has 3 heterocycles. The van der Waals surface area contributed by atoms with E-state index in [4.69, 9.17) is 0 Å². The van der Waals surface area contributed by atoms with Gasteiger partial charge in [-0.25, -0.2) is 14.4 Å². The number of likely N-dealkylation sites (tertiary alicyclic amines) is 1. The van der Waals surface area contributed by atoms with Crippen LogP contribution in [0.4, 0.5) is 4.39 Å². The Morgan fingerprint density at radius 2 is 1.96 bits per heavy atom. The fourth-order valence-electron chi connectivity index (χ4n) is 5.88. The van der Waals surface area contributed by atoms with Crippen LogP contribution in [0.1, 0.15) is 53.8 Å². The molecule has 2 aliphatic rings. The molecule has 1 aliphatic carbocycles. The number of carbonyl (C=O) groups is 3. The van der Waals surface area contributed by atoms with E-state index < -0.39 is 11.9 Å². The second-order valence-corrected chi connectivity index (χ2v) is 12.4. The van der Waals surface area contributed by atoms with Crippen LogP contribution in [0.2, 0.25) is 0 Å². The normalized spacial score (nSPS) is 18.8. The summed E-state index contributed by atoms with van der Waals surface area (Å²) in [7, 11) is 3.85. The summed E-state index contributed by atoms with van der Waals surface area (Å²) in [6, 6.07) is 12.3. The summed E-state index contributed by atoms with van der Waals surface area (Å²) < 4.78 is 13.5. The average Bonchev–Trinajstić information content (AvgIpc) is 3.50. The second kappa shape index (κ2) is 13.2. The van der Waals surface area contributed by atoms with Crippen molar-refractivity contribution < 1.29 is 18.8 Å². The third-order valence-electron chi connectivity index (χ3n) is 8.81. The molecule has 4 aromatic rings. The Hall–Kier alpha value is -4.90. The molecule has 1 saturated carbocycles. The SMILES string of the molecule is C[C@H](NC(=O)[C@@H]1C[C@@H](N(C)C)CN1C(=O)CNC(=O)c1ccc2cc(F)ccc2n1)c1cc(-c2cnc[nH]2)ccc1/C=C/C1CC1. The standard InChI is InChI=1S/C35H38FN7O3/c1-21(28-15-25(31-17-37-20-39-31)9-8-23(28)7-6-22-4-5-22)40-35(46)32-16-27(42(2)3)19-43(32)33(44)18-38-34(45)30-12-10-24-14-26(36)11-13-29(24)41-30/h6-15,17,20-22,27,32H,4-5,16,18-19H2,1-3H3,(H,37,39)(H,38,45)(H,40,46)/b7-6+/t21-,27+,32-/m0/s1. The van der Waals surface area contributed by atoms with E-state index in [-0.39, 0.29) is 42.0 Å². The topological polar surface area (TPSA) is 123 Å². The number of pyridine rings is 1. The molecule has 10 nitrogen and oxygen atoms in total. The number of allylic oxidation sites excluding steroid dienone is 1. The summed E-state index contributed by atoms with van der Waals surface area (Å²) in [6.45, 7) is 2.02. The van der Waals surface area contributed by atoms with Crippen molar-refractivity contribution in [2.24, 2.45) is 5.92 Å². The molecular weight excluding hydrogens is 585 g/mol. The van der Waals surface area contributed by atoms with E-state index in [0.29, 0.717) is 29.8 Å². The minimum absolute atomic E-state index is 0.0194. The van der Waals surface area contributed by atoms with Gasteiger partial charge in [-0.2, -0.15) is 0 Å². The highest BCUT2D eigenvalue weighted by Gasteiger charge is 2.40. The van der Waals surface area contributed by atoms with Crippen LogP contribution in [-0.2, 0) is 9.59 Å². The smallest absolute Gasteiger partial charge is 0.270 e. The molecule has 46 heavy (non-hydrogen) atoms. The number of amides is 3. The highest BCUT2D eigenvalue weighted by Crippen LogP contribution is 2.33. The van der Waals surface area contributed by atoms with Crippen LogP contribution in [0.3, 0.4) is 0 Å². The molecule has 0 spiro atoms. The van der Waals surface area contributed by atoms with Gasteiger partial charge in [0.25, 0.3) is 5.91 Å². The van der Waals surface area contributed by atoms with Gasteiger partial charge in [-0.3, -0.25) is 14.4 Å². The molecule has 3 amide bonds. The van der Waals surface area contributed by atoms with Gasteiger partial charge in [0.2, 0.25) is 11.8 Å². The van der Waals surface area contributed by atoms with Crippen molar-refractivity contribution in [1.82, 2.24) is 35.4 Å². The van der Waals surface area contributed by atoms with Crippen molar-refractivity contribution in [3.8, 4) is 11.3 Å². The summed E-state index contributed by atoms with van der Waals surface area (Å²) in [4.78, 5) is 55.4. The fourth-order valence-corrected chi connectivity index (χ4v) is 5.88. The van der Waals surface area contributed by atoms with Crippen molar-refractivity contribution in [1.29, 1.82) is 0 Å². The summed E-state index contributed by atoms with van der Waals surface area (Å²) >= 11 is 0. The minimum Gasteiger partial charge on any atom is -0.348 e. The first-order chi connectivity index (χ1) is 22.2. The Labute approximate surface area is 267 Å². The minimum atomic E-state index is -0.700. The predicted octanol–water partition coefficient (Wildman–Crippen LogP) is 4.33. The van der Waals surface area contributed by atoms with Crippen molar-refractivity contribution in [2.75, 3.05) is 27.2 Å². The number of benzene rings is 2. The number of carbonyl (C=O) groups excluding carboxylic acids is 3. The number of imidazole rings is 1. The number of aromatic amines is 1. The fraction of sp³-hybridized carbons (Fsp3) is 0.343. The Kier molecular flexibility index (Phi) is 8.94. The van der Waals surface area contributed by atoms with Gasteiger partial charge in [-0.05, 0) is 93.2 Å². The first kappa shape index (κ1) is 31.1. The Morgan fingerprint density at radius 3 is 2.70 bits per heavy atom. The number of fused-ring (bicyclic) bond motifs is 1. The van der Waals surface area contributed by atoms with Gasteiger partial charge in [0.1, 0.15) is 17.6 Å². The molecule has 0 unspecified atom stereocenters. The molecule has 0 radical (unpaired) electrons. The average molecular weight is 624 g/mol. The van der Waals surface area contributed by atoms with E-state index in [2.05, 4.69) is 49.9 Å². The number of nitrogens with one attached hydrogen (secondary N) is 3. The Bertz CT molecular complexity index is 1780. The van der Waals surface area contributed by atoms with Crippen LogP contribution < -0.4 is 10.6 Å². The van der Waals surface area contributed by atoms with Crippen LogP contribution in [0.5, 0.6) is 0 Å². The van der Waals surface area contributed by atoms with Crippen LogP contribution in [0.25, 0.3) is 28.2 Å². The van der Waals surface area contributed by atoms with Gasteiger partial charge < -0.3 is 25.4 Å². The zero-order chi connectivity index (χ0) is 32.4. The Balaban J connectivity index is 1.16. The summed E-state index contributed by atoms with van der Waals surface area (Å²) in [5.74, 6) is -0.915. The number of rotatable bonds is 10. The third kappa shape index (κ3) is 6.99. The monoisotopic (exact) mass is 623 g/mol.